The fourth-order valence-electron chi connectivity index (χ4n) is 2.59. The Morgan fingerprint density at radius 3 is 2.71 bits per heavy atom. The summed E-state index contributed by atoms with van der Waals surface area (Å²) in [6.45, 7) is 8.86. The molecule has 17 heavy (non-hydrogen) atoms. The molecule has 1 fully saturated rings. The molecule has 1 unspecified atom stereocenters. The normalized spacial score (nSPS) is 24.2. The lowest BCUT2D eigenvalue weighted by Gasteiger charge is -2.32. The molecule has 0 aromatic carbocycles. The molecule has 2 nitrogen and oxygen atoms in total. The lowest BCUT2D eigenvalue weighted by molar-refractivity contribution is -0.0566. The summed E-state index contributed by atoms with van der Waals surface area (Å²) < 4.78 is 26.6. The number of halogens is 2. The summed E-state index contributed by atoms with van der Waals surface area (Å²) in [6, 6.07) is 0. The molecular formula is C13H26F2N2. The Kier molecular flexibility index (Phi) is 6.34. The monoisotopic (exact) mass is 248 g/mol. The average Bonchev–Trinajstić information content (AvgIpc) is 2.26. The Hall–Kier alpha value is -0.220. The number of alkyl halides is 2. The van der Waals surface area contributed by atoms with E-state index in [1.807, 2.05) is 0 Å². The molecule has 0 bridgehead atoms. The first-order valence-electron chi connectivity index (χ1n) is 6.88. The molecule has 1 atom stereocenters. The Morgan fingerprint density at radius 2 is 2.12 bits per heavy atom. The largest absolute Gasteiger partial charge is 0.316 e. The van der Waals surface area contributed by atoms with E-state index in [-0.39, 0.29) is 18.8 Å². The van der Waals surface area contributed by atoms with Gasteiger partial charge in [0, 0.05) is 32.5 Å². The highest BCUT2D eigenvalue weighted by atomic mass is 19.3. The lowest BCUT2D eigenvalue weighted by atomic mass is 9.86. The van der Waals surface area contributed by atoms with Gasteiger partial charge in [0.05, 0.1) is 0 Å². The fraction of sp³-hybridized carbons (Fsp3) is 1.00. The molecule has 0 heterocycles. The van der Waals surface area contributed by atoms with Crippen LogP contribution in [0.4, 0.5) is 8.78 Å². The van der Waals surface area contributed by atoms with Crippen LogP contribution in [0.1, 0.15) is 39.5 Å². The second kappa shape index (κ2) is 7.27. The highest BCUT2D eigenvalue weighted by Gasteiger charge is 2.36. The summed E-state index contributed by atoms with van der Waals surface area (Å²) in [5.41, 5.74) is 0. The number of hydrogen-bond donors (Lipinski definition) is 1. The molecule has 1 rings (SSSR count). The van der Waals surface area contributed by atoms with Gasteiger partial charge in [-0.25, -0.2) is 8.78 Å². The van der Waals surface area contributed by atoms with Crippen LogP contribution in [-0.4, -0.2) is 43.5 Å². The summed E-state index contributed by atoms with van der Waals surface area (Å²) in [6.07, 6.45) is 1.83. The summed E-state index contributed by atoms with van der Waals surface area (Å²) in [5.74, 6) is -2.23. The highest BCUT2D eigenvalue weighted by Crippen LogP contribution is 2.36. The van der Waals surface area contributed by atoms with Crippen molar-refractivity contribution in [2.45, 2.75) is 45.5 Å². The van der Waals surface area contributed by atoms with Gasteiger partial charge in [-0.05, 0) is 31.8 Å². The molecule has 1 saturated carbocycles. The predicted molar refractivity (Wildman–Crippen MR) is 67.6 cm³/mol. The number of rotatable bonds is 7. The van der Waals surface area contributed by atoms with Crippen LogP contribution in [0, 0.1) is 5.92 Å². The summed E-state index contributed by atoms with van der Waals surface area (Å²) >= 11 is 0. The van der Waals surface area contributed by atoms with E-state index >= 15 is 0 Å². The van der Waals surface area contributed by atoms with Gasteiger partial charge in [0.1, 0.15) is 0 Å². The Balaban J connectivity index is 2.29. The van der Waals surface area contributed by atoms with Gasteiger partial charge in [-0.1, -0.05) is 13.8 Å². The third kappa shape index (κ3) is 5.77. The summed E-state index contributed by atoms with van der Waals surface area (Å²) in [4.78, 5) is 2.29. The molecule has 0 aromatic rings. The van der Waals surface area contributed by atoms with Crippen molar-refractivity contribution in [1.82, 2.24) is 10.2 Å². The van der Waals surface area contributed by atoms with Gasteiger partial charge >= 0.3 is 0 Å². The number of nitrogens with one attached hydrogen (secondary N) is 1. The summed E-state index contributed by atoms with van der Waals surface area (Å²) in [5, 5.41) is 3.28. The SMILES string of the molecule is CCNCCN(CC)CC1CCCC(F)(F)C1. The standard InChI is InChI=1S/C13H26F2N2/c1-3-16-8-9-17(4-2)11-12-6-5-7-13(14,15)10-12/h12,16H,3-11H2,1-2H3. The molecule has 102 valence electrons. The van der Waals surface area contributed by atoms with Gasteiger partial charge in [0.15, 0.2) is 0 Å². The van der Waals surface area contributed by atoms with Gasteiger partial charge in [0.2, 0.25) is 5.92 Å². The molecular weight excluding hydrogens is 222 g/mol. The van der Waals surface area contributed by atoms with Crippen LogP contribution in [0.5, 0.6) is 0 Å². The van der Waals surface area contributed by atoms with E-state index < -0.39 is 5.92 Å². The first kappa shape index (κ1) is 14.8. The minimum Gasteiger partial charge on any atom is -0.316 e. The third-order valence-electron chi connectivity index (χ3n) is 3.56. The van der Waals surface area contributed by atoms with E-state index in [0.29, 0.717) is 6.42 Å². The molecule has 1 aliphatic rings. The highest BCUT2D eigenvalue weighted by molar-refractivity contribution is 4.80. The van der Waals surface area contributed by atoms with Crippen LogP contribution in [0.2, 0.25) is 0 Å². The van der Waals surface area contributed by atoms with Crippen LogP contribution in [-0.2, 0) is 0 Å². The quantitative estimate of drug-likeness (QED) is 0.697. The first-order chi connectivity index (χ1) is 8.07. The molecule has 0 amide bonds. The topological polar surface area (TPSA) is 15.3 Å². The number of likely N-dealkylation sites (N-methyl/N-ethyl adjacent to an activating group) is 2. The molecule has 0 aliphatic heterocycles. The van der Waals surface area contributed by atoms with Gasteiger partial charge in [0.25, 0.3) is 0 Å². The van der Waals surface area contributed by atoms with Crippen molar-refractivity contribution in [3.05, 3.63) is 0 Å². The van der Waals surface area contributed by atoms with Crippen LogP contribution in [0.15, 0.2) is 0 Å². The van der Waals surface area contributed by atoms with E-state index in [1.54, 1.807) is 0 Å². The smallest absolute Gasteiger partial charge is 0.248 e. The van der Waals surface area contributed by atoms with Gasteiger partial charge in [-0.3, -0.25) is 0 Å². The van der Waals surface area contributed by atoms with Crippen LogP contribution in [0.3, 0.4) is 0 Å². The minimum absolute atomic E-state index is 0.0880. The zero-order chi connectivity index (χ0) is 12.7. The summed E-state index contributed by atoms with van der Waals surface area (Å²) in [7, 11) is 0. The maximum absolute atomic E-state index is 13.3. The minimum atomic E-state index is -2.41. The maximum atomic E-state index is 13.3. The van der Waals surface area contributed by atoms with E-state index in [2.05, 4.69) is 24.1 Å². The number of hydrogen-bond acceptors (Lipinski definition) is 2. The number of nitrogens with zero attached hydrogens (tertiary/aromatic N) is 1. The fourth-order valence-corrected chi connectivity index (χ4v) is 2.59. The maximum Gasteiger partial charge on any atom is 0.248 e. The zero-order valence-corrected chi connectivity index (χ0v) is 11.1. The predicted octanol–water partition coefficient (Wildman–Crippen LogP) is 2.74. The first-order valence-corrected chi connectivity index (χ1v) is 6.88. The van der Waals surface area contributed by atoms with Gasteiger partial charge in [-0.2, -0.15) is 0 Å². The van der Waals surface area contributed by atoms with Crippen LogP contribution in [0.25, 0.3) is 0 Å². The molecule has 1 aliphatic carbocycles. The molecule has 0 saturated heterocycles. The average molecular weight is 248 g/mol. The Bertz CT molecular complexity index is 210. The van der Waals surface area contributed by atoms with Crippen molar-refractivity contribution in [2.75, 3.05) is 32.7 Å². The van der Waals surface area contributed by atoms with Crippen molar-refractivity contribution in [3.8, 4) is 0 Å². The van der Waals surface area contributed by atoms with Crippen molar-refractivity contribution in [2.24, 2.45) is 5.92 Å². The van der Waals surface area contributed by atoms with E-state index in [9.17, 15) is 8.78 Å². The van der Waals surface area contributed by atoms with Gasteiger partial charge in [-0.15, -0.1) is 0 Å². The molecule has 0 aromatic heterocycles. The third-order valence-corrected chi connectivity index (χ3v) is 3.56. The van der Waals surface area contributed by atoms with Crippen LogP contribution >= 0.6 is 0 Å². The molecule has 4 heteroatoms. The Morgan fingerprint density at radius 1 is 1.35 bits per heavy atom. The van der Waals surface area contributed by atoms with E-state index in [4.69, 9.17) is 0 Å². The second-order valence-corrected chi connectivity index (χ2v) is 5.07. The van der Waals surface area contributed by atoms with Crippen molar-refractivity contribution < 1.29 is 8.78 Å². The Labute approximate surface area is 104 Å². The lowest BCUT2D eigenvalue weighted by Crippen LogP contribution is -2.38. The van der Waals surface area contributed by atoms with Gasteiger partial charge < -0.3 is 10.2 Å². The molecule has 0 radical (unpaired) electrons. The second-order valence-electron chi connectivity index (χ2n) is 5.07. The molecule has 1 N–H and O–H groups in total. The van der Waals surface area contributed by atoms with Crippen molar-refractivity contribution >= 4 is 0 Å². The van der Waals surface area contributed by atoms with Crippen LogP contribution < -0.4 is 5.32 Å². The van der Waals surface area contributed by atoms with Crippen molar-refractivity contribution in [1.29, 1.82) is 0 Å². The molecule has 0 spiro atoms. The van der Waals surface area contributed by atoms with E-state index in [1.165, 1.54) is 0 Å². The van der Waals surface area contributed by atoms with Crippen molar-refractivity contribution in [3.63, 3.8) is 0 Å². The zero-order valence-electron chi connectivity index (χ0n) is 11.1. The van der Waals surface area contributed by atoms with E-state index in [0.717, 1.165) is 39.1 Å².